The van der Waals surface area contributed by atoms with Gasteiger partial charge in [-0.2, -0.15) is 0 Å². The van der Waals surface area contributed by atoms with Crippen molar-refractivity contribution in [2.75, 3.05) is 13.2 Å². The van der Waals surface area contributed by atoms with E-state index < -0.39 is 24.0 Å². The maximum Gasteiger partial charge on any atom is 0.407 e. The molecule has 1 aromatic carbocycles. The van der Waals surface area contributed by atoms with Crippen molar-refractivity contribution in [1.29, 1.82) is 0 Å². The van der Waals surface area contributed by atoms with E-state index in [-0.39, 0.29) is 19.6 Å². The Bertz CT molecular complexity index is 489. The number of carbonyl (C=O) groups excluding carboxylic acids is 2. The summed E-state index contributed by atoms with van der Waals surface area (Å²) in [7, 11) is 0. The number of nitrogens with one attached hydrogen (secondary N) is 2. The molecule has 7 heteroatoms. The number of hydrogen-bond donors (Lipinski definition) is 3. The van der Waals surface area contributed by atoms with E-state index in [0.29, 0.717) is 0 Å². The van der Waals surface area contributed by atoms with Crippen LogP contribution in [0.1, 0.15) is 12.5 Å². The van der Waals surface area contributed by atoms with E-state index in [1.165, 1.54) is 0 Å². The molecule has 1 unspecified atom stereocenters. The van der Waals surface area contributed by atoms with Crippen LogP contribution in [-0.4, -0.2) is 42.3 Å². The van der Waals surface area contributed by atoms with E-state index in [4.69, 9.17) is 5.11 Å². The standard InChI is InChI=1S/C14H18N2O5/c1-2-21-14(20)15-9-12(17)16-11(13(18)19)8-10-6-4-3-5-7-10/h3-7,11H,2,8-9H2,1H3,(H,15,20)(H,16,17)(H,18,19). The fourth-order valence-corrected chi connectivity index (χ4v) is 1.63. The van der Waals surface area contributed by atoms with Crippen molar-refractivity contribution in [2.45, 2.75) is 19.4 Å². The molecule has 21 heavy (non-hydrogen) atoms. The number of alkyl carbamates (subject to hydrolysis) is 1. The second kappa shape index (κ2) is 8.57. The van der Waals surface area contributed by atoms with Crippen LogP contribution in [0.15, 0.2) is 30.3 Å². The minimum Gasteiger partial charge on any atom is -0.480 e. The fourth-order valence-electron chi connectivity index (χ4n) is 1.63. The Balaban J connectivity index is 2.49. The van der Waals surface area contributed by atoms with E-state index in [2.05, 4.69) is 15.4 Å². The normalized spacial score (nSPS) is 11.3. The minimum absolute atomic E-state index is 0.168. The summed E-state index contributed by atoms with van der Waals surface area (Å²) in [6.45, 7) is 1.50. The Labute approximate surface area is 122 Å². The molecule has 3 N–H and O–H groups in total. The summed E-state index contributed by atoms with van der Waals surface area (Å²) >= 11 is 0. The van der Waals surface area contributed by atoms with Gasteiger partial charge >= 0.3 is 12.1 Å². The molecular weight excluding hydrogens is 276 g/mol. The van der Waals surface area contributed by atoms with Gasteiger partial charge in [-0.05, 0) is 12.5 Å². The molecule has 1 atom stereocenters. The number of hydrogen-bond acceptors (Lipinski definition) is 4. The third kappa shape index (κ3) is 6.42. The lowest BCUT2D eigenvalue weighted by Gasteiger charge is -2.15. The number of ether oxygens (including phenoxy) is 1. The lowest BCUT2D eigenvalue weighted by Crippen LogP contribution is -2.46. The van der Waals surface area contributed by atoms with Crippen molar-refractivity contribution in [3.63, 3.8) is 0 Å². The maximum absolute atomic E-state index is 11.6. The summed E-state index contributed by atoms with van der Waals surface area (Å²) < 4.78 is 4.59. The van der Waals surface area contributed by atoms with Crippen LogP contribution in [0.25, 0.3) is 0 Å². The summed E-state index contributed by atoms with van der Waals surface area (Å²) in [5.41, 5.74) is 0.795. The molecule has 1 aromatic rings. The highest BCUT2D eigenvalue weighted by Crippen LogP contribution is 2.03. The summed E-state index contributed by atoms with van der Waals surface area (Å²) in [5, 5.41) is 13.7. The summed E-state index contributed by atoms with van der Waals surface area (Å²) in [6, 6.07) is 7.90. The van der Waals surface area contributed by atoms with E-state index in [9.17, 15) is 14.4 Å². The molecule has 7 nitrogen and oxygen atoms in total. The van der Waals surface area contributed by atoms with Gasteiger partial charge in [0.15, 0.2) is 0 Å². The third-order valence-electron chi connectivity index (χ3n) is 2.58. The van der Waals surface area contributed by atoms with E-state index in [1.807, 2.05) is 6.07 Å². The first-order valence-corrected chi connectivity index (χ1v) is 6.49. The lowest BCUT2D eigenvalue weighted by molar-refractivity contribution is -0.141. The van der Waals surface area contributed by atoms with Gasteiger partial charge in [0.05, 0.1) is 6.61 Å². The highest BCUT2D eigenvalue weighted by atomic mass is 16.5. The highest BCUT2D eigenvalue weighted by molar-refractivity contribution is 5.86. The number of carboxylic acid groups (broad SMARTS) is 1. The van der Waals surface area contributed by atoms with Crippen LogP contribution in [0.3, 0.4) is 0 Å². The Hall–Kier alpha value is -2.57. The van der Waals surface area contributed by atoms with Gasteiger partial charge in [-0.25, -0.2) is 9.59 Å². The van der Waals surface area contributed by atoms with Crippen LogP contribution < -0.4 is 10.6 Å². The topological polar surface area (TPSA) is 105 Å². The predicted octanol–water partition coefficient (Wildman–Crippen LogP) is 0.545. The van der Waals surface area contributed by atoms with Gasteiger partial charge in [-0.15, -0.1) is 0 Å². The van der Waals surface area contributed by atoms with Gasteiger partial charge in [-0.1, -0.05) is 30.3 Å². The number of rotatable bonds is 7. The Morgan fingerprint density at radius 2 is 1.90 bits per heavy atom. The summed E-state index contributed by atoms with van der Waals surface area (Å²) in [5.74, 6) is -1.73. The van der Waals surface area contributed by atoms with Crippen LogP contribution in [0.4, 0.5) is 4.79 Å². The molecule has 2 amide bonds. The smallest absolute Gasteiger partial charge is 0.407 e. The highest BCUT2D eigenvalue weighted by Gasteiger charge is 2.20. The van der Waals surface area contributed by atoms with Crippen LogP contribution in [0.5, 0.6) is 0 Å². The van der Waals surface area contributed by atoms with Gasteiger partial charge in [0, 0.05) is 6.42 Å². The number of aliphatic carboxylic acids is 1. The Kier molecular flexibility index (Phi) is 6.73. The van der Waals surface area contributed by atoms with E-state index in [1.54, 1.807) is 31.2 Å². The third-order valence-corrected chi connectivity index (χ3v) is 2.58. The average Bonchev–Trinajstić information content (AvgIpc) is 2.46. The molecule has 0 heterocycles. The first kappa shape index (κ1) is 16.5. The number of carboxylic acids is 1. The predicted molar refractivity (Wildman–Crippen MR) is 74.7 cm³/mol. The number of benzene rings is 1. The second-order valence-corrected chi connectivity index (χ2v) is 4.22. The zero-order chi connectivity index (χ0) is 15.7. The second-order valence-electron chi connectivity index (χ2n) is 4.22. The molecule has 0 saturated heterocycles. The molecule has 1 rings (SSSR count). The molecule has 0 fully saturated rings. The molecule has 0 spiro atoms. The minimum atomic E-state index is -1.14. The van der Waals surface area contributed by atoms with E-state index in [0.717, 1.165) is 5.56 Å². The van der Waals surface area contributed by atoms with Crippen molar-refractivity contribution < 1.29 is 24.2 Å². The zero-order valence-corrected chi connectivity index (χ0v) is 11.7. The van der Waals surface area contributed by atoms with Gasteiger partial charge < -0.3 is 20.5 Å². The monoisotopic (exact) mass is 294 g/mol. The molecule has 0 radical (unpaired) electrons. The van der Waals surface area contributed by atoms with Gasteiger partial charge in [0.2, 0.25) is 5.91 Å². The van der Waals surface area contributed by atoms with Crippen molar-refractivity contribution in [3.05, 3.63) is 35.9 Å². The molecule has 0 aliphatic heterocycles. The molecule has 0 saturated carbocycles. The van der Waals surface area contributed by atoms with Crippen LogP contribution in [0.2, 0.25) is 0 Å². The van der Waals surface area contributed by atoms with Gasteiger partial charge in [0.1, 0.15) is 12.6 Å². The van der Waals surface area contributed by atoms with Gasteiger partial charge in [0.25, 0.3) is 0 Å². The number of carbonyl (C=O) groups is 3. The van der Waals surface area contributed by atoms with Crippen LogP contribution in [0, 0.1) is 0 Å². The lowest BCUT2D eigenvalue weighted by atomic mass is 10.1. The van der Waals surface area contributed by atoms with Crippen molar-refractivity contribution in [2.24, 2.45) is 0 Å². The average molecular weight is 294 g/mol. The first-order chi connectivity index (χ1) is 10.0. The number of amides is 2. The first-order valence-electron chi connectivity index (χ1n) is 6.49. The maximum atomic E-state index is 11.6. The molecular formula is C14H18N2O5. The van der Waals surface area contributed by atoms with Gasteiger partial charge in [-0.3, -0.25) is 4.79 Å². The SMILES string of the molecule is CCOC(=O)NCC(=O)NC(Cc1ccccc1)C(=O)O. The fraction of sp³-hybridized carbons (Fsp3) is 0.357. The van der Waals surface area contributed by atoms with Crippen LogP contribution >= 0.6 is 0 Å². The molecule has 0 bridgehead atoms. The van der Waals surface area contributed by atoms with E-state index >= 15 is 0 Å². The quantitative estimate of drug-likeness (QED) is 0.681. The van der Waals surface area contributed by atoms with Crippen LogP contribution in [-0.2, 0) is 20.7 Å². The molecule has 0 aromatic heterocycles. The Morgan fingerprint density at radius 3 is 2.48 bits per heavy atom. The summed E-state index contributed by atoms with van der Waals surface area (Å²) in [6.07, 6.45) is -0.552. The van der Waals surface area contributed by atoms with Crippen molar-refractivity contribution in [1.82, 2.24) is 10.6 Å². The van der Waals surface area contributed by atoms with Crippen molar-refractivity contribution >= 4 is 18.0 Å². The molecule has 0 aliphatic carbocycles. The molecule has 114 valence electrons. The zero-order valence-electron chi connectivity index (χ0n) is 11.7. The van der Waals surface area contributed by atoms with Crippen molar-refractivity contribution in [3.8, 4) is 0 Å². The Morgan fingerprint density at radius 1 is 1.24 bits per heavy atom. The molecule has 0 aliphatic rings. The summed E-state index contributed by atoms with van der Waals surface area (Å²) in [4.78, 5) is 33.8. The largest absolute Gasteiger partial charge is 0.480 e.